The fourth-order valence-electron chi connectivity index (χ4n) is 0.420. The number of para-hydroxylation sites is 1. The zero-order valence-electron chi connectivity index (χ0n) is 4.29. The first-order valence-corrected chi connectivity index (χ1v) is 2.11. The summed E-state index contributed by atoms with van der Waals surface area (Å²) in [6.45, 7) is 0. The average molecular weight is 184 g/mol. The monoisotopic (exact) mass is 183 g/mol. The molecule has 0 saturated carbocycles. The van der Waals surface area contributed by atoms with Crippen LogP contribution in [-0.2, 0) is 26.2 Å². The van der Waals surface area contributed by atoms with E-state index >= 15 is 0 Å². The maximum absolute atomic E-state index is 10.3. The van der Waals surface area contributed by atoms with Gasteiger partial charge in [-0.2, -0.15) is 0 Å². The third-order valence-electron chi connectivity index (χ3n) is 0.743. The molecule has 36 valence electrons. The molecule has 0 bridgehead atoms. The van der Waals surface area contributed by atoms with Gasteiger partial charge in [0, 0.05) is 0 Å². The van der Waals surface area contributed by atoms with Gasteiger partial charge in [-0.05, 0) is 0 Å². The van der Waals surface area contributed by atoms with Gasteiger partial charge in [0.1, 0.15) is 0 Å². The third kappa shape index (κ3) is 2.27. The van der Waals surface area contributed by atoms with Crippen molar-refractivity contribution in [2.75, 3.05) is 0 Å². The zero-order chi connectivity index (χ0) is 5.11. The van der Waals surface area contributed by atoms with Gasteiger partial charge in [0.15, 0.2) is 0 Å². The van der Waals surface area contributed by atoms with E-state index < -0.39 is 0 Å². The quantitative estimate of drug-likeness (QED) is 0.584. The molecule has 2 heteroatoms. The number of hydrogen-bond acceptors (Lipinski definition) is 1. The Labute approximate surface area is 67.5 Å². The topological polar surface area (TPSA) is 23.1 Å². The van der Waals surface area contributed by atoms with Crippen molar-refractivity contribution in [3.05, 3.63) is 30.3 Å². The number of rotatable bonds is 0. The number of hydrogen-bond donors (Lipinski definition) is 0. The maximum atomic E-state index is 10.3. The van der Waals surface area contributed by atoms with Crippen LogP contribution in [0.2, 0.25) is 0 Å². The molecule has 1 aromatic carbocycles. The summed E-state index contributed by atoms with van der Waals surface area (Å²) in [5, 5.41) is 10.3. The van der Waals surface area contributed by atoms with Gasteiger partial charge in [-0.15, -0.1) is 5.75 Å². The van der Waals surface area contributed by atoms with E-state index in [9.17, 15) is 5.11 Å². The van der Waals surface area contributed by atoms with Crippen LogP contribution in [0.5, 0.6) is 5.75 Å². The summed E-state index contributed by atoms with van der Waals surface area (Å²) in [6, 6.07) is 8.33. The Kier molecular flexibility index (Phi) is 3.80. The molecule has 0 aliphatic heterocycles. The molecule has 0 N–H and O–H groups in total. The molecule has 0 radical (unpaired) electrons. The first-order chi connectivity index (χ1) is 3.39. The van der Waals surface area contributed by atoms with Crippen LogP contribution in [0, 0.1) is 0 Å². The van der Waals surface area contributed by atoms with Gasteiger partial charge < -0.3 is 5.11 Å². The van der Waals surface area contributed by atoms with Crippen molar-refractivity contribution < 1.29 is 31.3 Å². The molecule has 8 heavy (non-hydrogen) atoms. The fraction of sp³-hybridized carbons (Fsp3) is 0. The summed E-state index contributed by atoms with van der Waals surface area (Å²) < 4.78 is 0. The van der Waals surface area contributed by atoms with Crippen LogP contribution in [0.1, 0.15) is 0 Å². The Morgan fingerprint density at radius 2 is 1.50 bits per heavy atom. The van der Waals surface area contributed by atoms with Crippen LogP contribution < -0.4 is 5.11 Å². The van der Waals surface area contributed by atoms with Gasteiger partial charge in [-0.1, -0.05) is 30.3 Å². The number of benzene rings is 1. The molecule has 0 spiro atoms. The predicted molar refractivity (Wildman–Crippen MR) is 25.9 cm³/mol. The standard InChI is InChI=1S/C6H6O.Zr/c7-6-4-2-1-3-5-6;/h1-5,7H;/q;+4/p-1. The normalized spacial score (nSPS) is 7.50. The Bertz CT molecular complexity index is 138. The first-order valence-electron chi connectivity index (χ1n) is 2.11. The van der Waals surface area contributed by atoms with Gasteiger partial charge in [0.2, 0.25) is 0 Å². The van der Waals surface area contributed by atoms with Gasteiger partial charge in [0.25, 0.3) is 0 Å². The van der Waals surface area contributed by atoms with E-state index in [0.717, 1.165) is 0 Å². The molecule has 0 fully saturated rings. The molecule has 0 aliphatic carbocycles. The minimum Gasteiger partial charge on any atom is -0.872 e. The Morgan fingerprint density at radius 3 is 1.75 bits per heavy atom. The molecule has 0 saturated heterocycles. The van der Waals surface area contributed by atoms with Crippen LogP contribution in [0.3, 0.4) is 0 Å². The van der Waals surface area contributed by atoms with E-state index in [1.54, 1.807) is 12.1 Å². The SMILES string of the molecule is [O-]c1ccccc1.[Zr+4]. The summed E-state index contributed by atoms with van der Waals surface area (Å²) in [4.78, 5) is 0. The molecule has 0 atom stereocenters. The van der Waals surface area contributed by atoms with Crippen molar-refractivity contribution in [1.29, 1.82) is 0 Å². The fourth-order valence-corrected chi connectivity index (χ4v) is 0.420. The predicted octanol–water partition coefficient (Wildman–Crippen LogP) is 0.758. The smallest absolute Gasteiger partial charge is 0.872 e. The molecule has 0 unspecified atom stereocenters. The second kappa shape index (κ2) is 3.85. The van der Waals surface area contributed by atoms with E-state index in [-0.39, 0.29) is 32.0 Å². The Hall–Kier alpha value is -0.0969. The largest absolute Gasteiger partial charge is 4.00 e. The van der Waals surface area contributed by atoms with Crippen LogP contribution in [0.15, 0.2) is 30.3 Å². The van der Waals surface area contributed by atoms with Crippen LogP contribution in [0.4, 0.5) is 0 Å². The van der Waals surface area contributed by atoms with Gasteiger partial charge in [-0.3, -0.25) is 0 Å². The summed E-state index contributed by atoms with van der Waals surface area (Å²) in [6.07, 6.45) is 0. The molecule has 0 aliphatic rings. The minimum atomic E-state index is 0. The molecule has 1 nitrogen and oxygen atoms in total. The summed E-state index contributed by atoms with van der Waals surface area (Å²) in [5.41, 5.74) is 0. The van der Waals surface area contributed by atoms with Crippen molar-refractivity contribution in [1.82, 2.24) is 0 Å². The van der Waals surface area contributed by atoms with E-state index in [0.29, 0.717) is 0 Å². The van der Waals surface area contributed by atoms with E-state index in [2.05, 4.69) is 0 Å². The van der Waals surface area contributed by atoms with Crippen molar-refractivity contribution in [3.63, 3.8) is 0 Å². The Morgan fingerprint density at radius 1 is 1.00 bits per heavy atom. The third-order valence-corrected chi connectivity index (χ3v) is 0.743. The van der Waals surface area contributed by atoms with Crippen LogP contribution in [-0.4, -0.2) is 0 Å². The van der Waals surface area contributed by atoms with Crippen molar-refractivity contribution in [3.8, 4) is 5.75 Å². The van der Waals surface area contributed by atoms with E-state index in [1.165, 1.54) is 12.1 Å². The van der Waals surface area contributed by atoms with Crippen LogP contribution in [0.25, 0.3) is 0 Å². The Balaban J connectivity index is 0.000000490. The van der Waals surface area contributed by atoms with Gasteiger partial charge >= 0.3 is 26.2 Å². The molecule has 0 aromatic heterocycles. The average Bonchev–Trinajstić information content (AvgIpc) is 1.69. The van der Waals surface area contributed by atoms with Gasteiger partial charge in [0.05, 0.1) is 0 Å². The summed E-state index contributed by atoms with van der Waals surface area (Å²) in [7, 11) is 0. The molecular formula is C6H5OZr+3. The van der Waals surface area contributed by atoms with Crippen molar-refractivity contribution in [2.45, 2.75) is 0 Å². The second-order valence-electron chi connectivity index (χ2n) is 1.31. The zero-order valence-corrected chi connectivity index (χ0v) is 6.75. The molecule has 0 heterocycles. The maximum Gasteiger partial charge on any atom is 4.00 e. The van der Waals surface area contributed by atoms with Crippen molar-refractivity contribution >= 4 is 0 Å². The molecule has 1 aromatic rings. The minimum absolute atomic E-state index is 0. The molecule has 0 amide bonds. The second-order valence-corrected chi connectivity index (χ2v) is 1.31. The van der Waals surface area contributed by atoms with Gasteiger partial charge in [-0.25, -0.2) is 0 Å². The van der Waals surface area contributed by atoms with Crippen molar-refractivity contribution in [2.24, 2.45) is 0 Å². The first kappa shape index (κ1) is 7.90. The van der Waals surface area contributed by atoms with E-state index in [1.807, 2.05) is 6.07 Å². The molecule has 1 rings (SSSR count). The molecular weight excluding hydrogens is 179 g/mol. The van der Waals surface area contributed by atoms with E-state index in [4.69, 9.17) is 0 Å². The summed E-state index contributed by atoms with van der Waals surface area (Å²) >= 11 is 0. The summed E-state index contributed by atoms with van der Waals surface area (Å²) in [5.74, 6) is 0.0718. The van der Waals surface area contributed by atoms with Crippen LogP contribution >= 0.6 is 0 Å².